The second-order valence-electron chi connectivity index (χ2n) is 6.30. The molecular weight excluding hydrogens is 477 g/mol. The molecule has 3 rings (SSSR count). The average molecular weight is 505 g/mol. The number of aliphatic imine (C=N–C) groups is 1. The van der Waals surface area contributed by atoms with E-state index < -0.39 is 0 Å². The summed E-state index contributed by atoms with van der Waals surface area (Å²) in [6.07, 6.45) is 4.58. The number of rotatable bonds is 8. The Balaban J connectivity index is 0.00000300. The number of halogens is 1. The van der Waals surface area contributed by atoms with Crippen molar-refractivity contribution >= 4 is 29.9 Å². The van der Waals surface area contributed by atoms with Crippen molar-refractivity contribution in [1.82, 2.24) is 20.4 Å². The highest BCUT2D eigenvalue weighted by molar-refractivity contribution is 14.0. The number of methoxy groups -OCH3 is 1. The molecule has 0 radical (unpaired) electrons. The van der Waals surface area contributed by atoms with E-state index in [0.29, 0.717) is 6.54 Å². The highest BCUT2D eigenvalue weighted by Crippen LogP contribution is 2.17. The molecular formula is C22H28IN5O. The molecule has 29 heavy (non-hydrogen) atoms. The monoisotopic (exact) mass is 505 g/mol. The van der Waals surface area contributed by atoms with Gasteiger partial charge in [0.1, 0.15) is 5.75 Å². The second kappa shape index (κ2) is 12.1. The predicted octanol–water partition coefficient (Wildman–Crippen LogP) is 3.80. The molecule has 0 aliphatic carbocycles. The molecule has 0 atom stereocenters. The van der Waals surface area contributed by atoms with Crippen molar-refractivity contribution in [2.24, 2.45) is 4.99 Å². The minimum atomic E-state index is 0. The molecule has 1 aromatic heterocycles. The summed E-state index contributed by atoms with van der Waals surface area (Å²) < 4.78 is 7.27. The van der Waals surface area contributed by atoms with Crippen LogP contribution in [0.3, 0.4) is 0 Å². The Hall–Kier alpha value is -2.55. The smallest absolute Gasteiger partial charge is 0.191 e. The maximum Gasteiger partial charge on any atom is 0.191 e. The SMILES string of the molecule is CCNC(=NCc1cccc(-n2cccn2)c1)NCCc1ccccc1OC.I. The molecule has 0 aliphatic rings. The fourth-order valence-electron chi connectivity index (χ4n) is 2.96. The van der Waals surface area contributed by atoms with Gasteiger partial charge in [0.15, 0.2) is 5.96 Å². The van der Waals surface area contributed by atoms with Crippen LogP contribution in [0.15, 0.2) is 72.0 Å². The van der Waals surface area contributed by atoms with Crippen LogP contribution in [0.25, 0.3) is 5.69 Å². The fraction of sp³-hybridized carbons (Fsp3) is 0.273. The van der Waals surface area contributed by atoms with Gasteiger partial charge in [0.05, 0.1) is 19.3 Å². The summed E-state index contributed by atoms with van der Waals surface area (Å²) in [6.45, 7) is 4.25. The van der Waals surface area contributed by atoms with E-state index in [2.05, 4.69) is 40.9 Å². The van der Waals surface area contributed by atoms with Crippen LogP contribution in [0, 0.1) is 0 Å². The lowest BCUT2D eigenvalue weighted by Gasteiger charge is -2.13. The fourth-order valence-corrected chi connectivity index (χ4v) is 2.96. The normalized spacial score (nSPS) is 10.9. The largest absolute Gasteiger partial charge is 0.496 e. The van der Waals surface area contributed by atoms with Crippen LogP contribution in [-0.4, -0.2) is 35.9 Å². The maximum absolute atomic E-state index is 5.42. The summed E-state index contributed by atoms with van der Waals surface area (Å²) in [5, 5.41) is 11.0. The van der Waals surface area contributed by atoms with Crippen LogP contribution >= 0.6 is 24.0 Å². The summed E-state index contributed by atoms with van der Waals surface area (Å²) in [5.74, 6) is 1.73. The third-order valence-electron chi connectivity index (χ3n) is 4.32. The quantitative estimate of drug-likeness (QED) is 0.278. The van der Waals surface area contributed by atoms with E-state index in [0.717, 1.165) is 42.5 Å². The third kappa shape index (κ3) is 6.77. The van der Waals surface area contributed by atoms with Gasteiger partial charge in [0, 0.05) is 25.5 Å². The number of hydrogen-bond donors (Lipinski definition) is 2. The third-order valence-corrected chi connectivity index (χ3v) is 4.32. The summed E-state index contributed by atoms with van der Waals surface area (Å²) >= 11 is 0. The van der Waals surface area contributed by atoms with Gasteiger partial charge in [-0.25, -0.2) is 9.67 Å². The van der Waals surface area contributed by atoms with Gasteiger partial charge in [0.25, 0.3) is 0 Å². The number of aromatic nitrogens is 2. The van der Waals surface area contributed by atoms with Crippen molar-refractivity contribution in [1.29, 1.82) is 0 Å². The van der Waals surface area contributed by atoms with Crippen LogP contribution in [0.2, 0.25) is 0 Å². The zero-order chi connectivity index (χ0) is 19.6. The Bertz CT molecular complexity index is 896. The molecule has 1 heterocycles. The first kappa shape index (κ1) is 22.7. The van der Waals surface area contributed by atoms with Crippen molar-refractivity contribution in [3.8, 4) is 11.4 Å². The van der Waals surface area contributed by atoms with Crippen LogP contribution in [0.1, 0.15) is 18.1 Å². The van der Waals surface area contributed by atoms with E-state index in [1.165, 1.54) is 5.56 Å². The molecule has 0 bridgehead atoms. The molecule has 0 spiro atoms. The van der Waals surface area contributed by atoms with Gasteiger partial charge in [0.2, 0.25) is 0 Å². The van der Waals surface area contributed by atoms with Gasteiger partial charge in [-0.15, -0.1) is 24.0 Å². The van der Waals surface area contributed by atoms with Crippen LogP contribution in [0.4, 0.5) is 0 Å². The number of nitrogens with one attached hydrogen (secondary N) is 2. The van der Waals surface area contributed by atoms with Gasteiger partial charge >= 0.3 is 0 Å². The van der Waals surface area contributed by atoms with E-state index in [1.54, 1.807) is 13.3 Å². The number of nitrogens with zero attached hydrogens (tertiary/aromatic N) is 3. The number of ether oxygens (including phenoxy) is 1. The zero-order valence-corrected chi connectivity index (χ0v) is 19.2. The van der Waals surface area contributed by atoms with Crippen molar-refractivity contribution in [3.63, 3.8) is 0 Å². The molecule has 0 unspecified atom stereocenters. The molecule has 0 fully saturated rings. The topological polar surface area (TPSA) is 63.5 Å². The lowest BCUT2D eigenvalue weighted by Crippen LogP contribution is -2.38. The molecule has 7 heteroatoms. The summed E-state index contributed by atoms with van der Waals surface area (Å²) in [7, 11) is 1.70. The van der Waals surface area contributed by atoms with E-state index in [-0.39, 0.29) is 24.0 Å². The number of benzene rings is 2. The van der Waals surface area contributed by atoms with E-state index in [9.17, 15) is 0 Å². The number of hydrogen-bond acceptors (Lipinski definition) is 3. The molecule has 6 nitrogen and oxygen atoms in total. The molecule has 2 N–H and O–H groups in total. The minimum Gasteiger partial charge on any atom is -0.496 e. The highest BCUT2D eigenvalue weighted by Gasteiger charge is 2.03. The second-order valence-corrected chi connectivity index (χ2v) is 6.30. The standard InChI is InChI=1S/C22H27N5O.HI/c1-3-23-22(24-14-12-19-9-4-5-11-21(19)28-2)25-17-18-8-6-10-20(16-18)27-15-7-13-26-27;/h4-11,13,15-16H,3,12,14,17H2,1-2H3,(H2,23,24,25);1H. The van der Waals surface area contributed by atoms with Crippen LogP contribution in [0.5, 0.6) is 5.75 Å². The molecule has 2 aromatic carbocycles. The molecule has 0 aliphatic heterocycles. The average Bonchev–Trinajstić information content (AvgIpc) is 3.27. The zero-order valence-electron chi connectivity index (χ0n) is 16.8. The van der Waals surface area contributed by atoms with Gasteiger partial charge in [-0.3, -0.25) is 0 Å². The minimum absolute atomic E-state index is 0. The lowest BCUT2D eigenvalue weighted by atomic mass is 10.1. The Labute approximate surface area is 189 Å². The predicted molar refractivity (Wildman–Crippen MR) is 128 cm³/mol. The van der Waals surface area contributed by atoms with Gasteiger partial charge < -0.3 is 15.4 Å². The molecule has 0 saturated carbocycles. The van der Waals surface area contributed by atoms with Crippen molar-refractivity contribution in [2.75, 3.05) is 20.2 Å². The Morgan fingerprint density at radius 1 is 1.10 bits per heavy atom. The van der Waals surface area contributed by atoms with Gasteiger partial charge in [-0.1, -0.05) is 30.3 Å². The summed E-state index contributed by atoms with van der Waals surface area (Å²) in [4.78, 5) is 4.71. The first-order valence-corrected chi connectivity index (χ1v) is 9.53. The Morgan fingerprint density at radius 2 is 1.97 bits per heavy atom. The molecule has 0 amide bonds. The van der Waals surface area contributed by atoms with Crippen molar-refractivity contribution < 1.29 is 4.74 Å². The van der Waals surface area contributed by atoms with Gasteiger partial charge in [-0.2, -0.15) is 5.10 Å². The lowest BCUT2D eigenvalue weighted by molar-refractivity contribution is 0.409. The van der Waals surface area contributed by atoms with Crippen LogP contribution in [-0.2, 0) is 13.0 Å². The molecule has 154 valence electrons. The summed E-state index contributed by atoms with van der Waals surface area (Å²) in [5.41, 5.74) is 3.35. The molecule has 3 aromatic rings. The highest BCUT2D eigenvalue weighted by atomic mass is 127. The van der Waals surface area contributed by atoms with E-state index in [1.807, 2.05) is 47.3 Å². The number of guanidine groups is 1. The Kier molecular flexibility index (Phi) is 9.49. The molecule has 0 saturated heterocycles. The van der Waals surface area contributed by atoms with Crippen LogP contribution < -0.4 is 15.4 Å². The first-order valence-electron chi connectivity index (χ1n) is 9.53. The van der Waals surface area contributed by atoms with Crippen molar-refractivity contribution in [3.05, 3.63) is 78.1 Å². The van der Waals surface area contributed by atoms with E-state index >= 15 is 0 Å². The number of para-hydroxylation sites is 1. The van der Waals surface area contributed by atoms with Gasteiger partial charge in [-0.05, 0) is 48.7 Å². The van der Waals surface area contributed by atoms with Crippen molar-refractivity contribution in [2.45, 2.75) is 19.9 Å². The maximum atomic E-state index is 5.42. The Morgan fingerprint density at radius 3 is 2.72 bits per heavy atom. The van der Waals surface area contributed by atoms with E-state index in [4.69, 9.17) is 9.73 Å². The first-order chi connectivity index (χ1) is 13.8. The summed E-state index contributed by atoms with van der Waals surface area (Å²) in [6, 6.07) is 18.3.